The maximum Gasteiger partial charge on any atom is 0.320 e. The molecular formula is C47H77N7O13S. The smallest absolute Gasteiger partial charge is 0.320 e. The van der Waals surface area contributed by atoms with Gasteiger partial charge in [-0.15, -0.1) is 11.8 Å². The second-order valence-electron chi connectivity index (χ2n) is 20.5. The van der Waals surface area contributed by atoms with Gasteiger partial charge < -0.3 is 69.0 Å². The number of cyclic esters (lactones) is 1. The normalized spacial score (nSPS) is 42.2. The van der Waals surface area contributed by atoms with Crippen molar-refractivity contribution in [1.29, 1.82) is 0 Å². The number of carbonyl (C=O) groups excluding carboxylic acids is 3. The molecule has 68 heavy (non-hydrogen) atoms. The molecule has 4 aliphatic rings. The topological polar surface area (TPSA) is 264 Å². The van der Waals surface area contributed by atoms with Gasteiger partial charge in [-0.3, -0.25) is 14.4 Å². The molecule has 4 fully saturated rings. The standard InChI is InChI=1S/C47H77N7O13S/c1-15-29-47(10)31(36(42(59)67-47)68-17-16-54-21-50-32-39(48)51-44(49)52-40(32)54)24(4)33(55)22(2)19-46(9,61-14)38(66-43-34(56)28(53(11)12)18-23(3)62-43)25(5)35(26(6)41(58)64-29)65-30-20-45(8,60-13)37(57)27(7)63-30/h21-31,34-38,43,56-57H,15-20H2,1-14H3,(H4,48,49,51,52)/t22-,23-,24-,25+,26-,27-,28+,29-,30+,31?,34-,35+,36?,37+,38-,43+,45-,46-,47-/m1/s1. The van der Waals surface area contributed by atoms with E-state index in [-0.39, 0.29) is 49.0 Å². The molecule has 0 aromatic carbocycles. The van der Waals surface area contributed by atoms with Gasteiger partial charge in [0.05, 0.1) is 47.9 Å². The summed E-state index contributed by atoms with van der Waals surface area (Å²) in [6.07, 6.45) is -5.52. The van der Waals surface area contributed by atoms with Gasteiger partial charge in [-0.2, -0.15) is 9.97 Å². The van der Waals surface area contributed by atoms with E-state index in [4.69, 9.17) is 49.4 Å². The van der Waals surface area contributed by atoms with Crippen LogP contribution < -0.4 is 11.5 Å². The Bertz CT molecular complexity index is 2100. The van der Waals surface area contributed by atoms with E-state index in [9.17, 15) is 19.8 Å². The summed E-state index contributed by atoms with van der Waals surface area (Å²) in [6.45, 7) is 18.4. The Morgan fingerprint density at radius 2 is 1.60 bits per heavy atom. The number of aliphatic hydroxyl groups is 2. The lowest BCUT2D eigenvalue weighted by Gasteiger charge is -2.50. The van der Waals surface area contributed by atoms with Crippen LogP contribution in [-0.4, -0.2) is 170 Å². The van der Waals surface area contributed by atoms with Crippen molar-refractivity contribution in [2.45, 2.75) is 185 Å². The van der Waals surface area contributed by atoms with E-state index in [0.717, 1.165) is 0 Å². The van der Waals surface area contributed by atoms with Crippen molar-refractivity contribution in [2.24, 2.45) is 29.6 Å². The first-order valence-electron chi connectivity index (χ1n) is 23.9. The first-order valence-corrected chi connectivity index (χ1v) is 25.0. The van der Waals surface area contributed by atoms with Crippen LogP contribution >= 0.6 is 11.8 Å². The zero-order valence-corrected chi connectivity index (χ0v) is 43.1. The minimum absolute atomic E-state index is 0.00306. The van der Waals surface area contributed by atoms with Crippen molar-refractivity contribution in [1.82, 2.24) is 24.4 Å². The number of imidazole rings is 1. The minimum Gasteiger partial charge on any atom is -0.458 e. The third-order valence-corrected chi connectivity index (χ3v) is 16.7. The predicted molar refractivity (Wildman–Crippen MR) is 253 cm³/mol. The number of likely N-dealkylation sites (N-methyl/N-ethyl adjacent to an activating group) is 1. The molecule has 4 saturated heterocycles. The molecule has 6 heterocycles. The summed E-state index contributed by atoms with van der Waals surface area (Å²) >= 11 is 1.34. The van der Waals surface area contributed by atoms with Crippen LogP contribution in [0.2, 0.25) is 0 Å². The molecule has 21 heteroatoms. The number of aromatic nitrogens is 4. The summed E-state index contributed by atoms with van der Waals surface area (Å²) in [4.78, 5) is 59.0. The first-order chi connectivity index (χ1) is 31.8. The Hall–Kier alpha value is -3.25. The largest absolute Gasteiger partial charge is 0.458 e. The van der Waals surface area contributed by atoms with E-state index >= 15 is 4.79 Å². The van der Waals surface area contributed by atoms with Crippen LogP contribution in [-0.2, 0) is 58.8 Å². The molecule has 0 saturated carbocycles. The number of methoxy groups -OCH3 is 2. The van der Waals surface area contributed by atoms with Gasteiger partial charge in [-0.05, 0) is 74.9 Å². The fourth-order valence-corrected chi connectivity index (χ4v) is 12.8. The Morgan fingerprint density at radius 1 is 0.926 bits per heavy atom. The molecule has 0 bridgehead atoms. The van der Waals surface area contributed by atoms with E-state index < -0.39 is 113 Å². The molecule has 0 aliphatic carbocycles. The van der Waals surface area contributed by atoms with Gasteiger partial charge in [0.25, 0.3) is 0 Å². The number of ketones is 1. The van der Waals surface area contributed by atoms with Crippen molar-refractivity contribution in [3.05, 3.63) is 6.33 Å². The SMILES string of the molecule is CC[C@H]1OC(=O)[C@H](C)[C@@H](O[C@H]2C[C@@](C)(OC)[C@@H](O)[C@@H](C)O2)[C@H](C)[C@@H](O[C@@H]2O[C@H](C)C[C@H](N(C)C)[C@H]2O)[C@](C)(OC)C[C@@H](C)C(=O)[C@H](C)C2C(SCCn3cnc4c(N)nc(N)nc43)C(=O)O[C@@]21C. The third kappa shape index (κ3) is 10.5. The van der Waals surface area contributed by atoms with Gasteiger partial charge in [0.1, 0.15) is 34.9 Å². The summed E-state index contributed by atoms with van der Waals surface area (Å²) < 4.78 is 53.4. The molecule has 20 nitrogen and oxygen atoms in total. The number of rotatable bonds is 12. The number of nitrogens with zero attached hydrogens (tertiary/aromatic N) is 5. The molecule has 384 valence electrons. The van der Waals surface area contributed by atoms with Crippen LogP contribution in [0.15, 0.2) is 6.33 Å². The number of nitrogens with two attached hydrogens (primary N) is 2. The summed E-state index contributed by atoms with van der Waals surface area (Å²) in [5, 5.41) is 22.1. The predicted octanol–water partition coefficient (Wildman–Crippen LogP) is 3.37. The number of Topliss-reactive ketones (excluding diaryl/α,β-unsaturated/α-hetero) is 1. The van der Waals surface area contributed by atoms with Gasteiger partial charge >= 0.3 is 11.9 Å². The number of hydrogen-bond acceptors (Lipinski definition) is 20. The highest BCUT2D eigenvalue weighted by Crippen LogP contribution is 2.49. The second kappa shape index (κ2) is 21.2. The van der Waals surface area contributed by atoms with Crippen LogP contribution in [0.5, 0.6) is 0 Å². The van der Waals surface area contributed by atoms with Gasteiger partial charge in [0.15, 0.2) is 29.6 Å². The summed E-state index contributed by atoms with van der Waals surface area (Å²) in [7, 11) is 6.83. The Kier molecular flexibility index (Phi) is 16.9. The molecule has 0 radical (unpaired) electrons. The first kappa shape index (κ1) is 54.1. The van der Waals surface area contributed by atoms with E-state index in [1.165, 1.54) is 18.9 Å². The van der Waals surface area contributed by atoms with Crippen molar-refractivity contribution in [2.75, 3.05) is 45.5 Å². The molecule has 19 atom stereocenters. The lowest BCUT2D eigenvalue weighted by atomic mass is 9.70. The summed E-state index contributed by atoms with van der Waals surface area (Å²) in [6, 6.07) is -0.308. The molecule has 0 spiro atoms. The maximum atomic E-state index is 15.1. The average Bonchev–Trinajstić information content (AvgIpc) is 3.81. The van der Waals surface area contributed by atoms with Crippen molar-refractivity contribution in [3.63, 3.8) is 0 Å². The van der Waals surface area contributed by atoms with Crippen LogP contribution in [0.1, 0.15) is 94.9 Å². The summed E-state index contributed by atoms with van der Waals surface area (Å²) in [5.41, 5.74) is 9.05. The van der Waals surface area contributed by atoms with E-state index in [2.05, 4.69) is 15.0 Å². The summed E-state index contributed by atoms with van der Waals surface area (Å²) in [5.74, 6) is -4.75. The van der Waals surface area contributed by atoms with E-state index in [0.29, 0.717) is 29.9 Å². The van der Waals surface area contributed by atoms with Crippen LogP contribution in [0, 0.1) is 29.6 Å². The van der Waals surface area contributed by atoms with Crippen LogP contribution in [0.4, 0.5) is 11.8 Å². The number of carbonyl (C=O) groups is 3. The molecule has 6 N–H and O–H groups in total. The number of esters is 2. The lowest BCUT2D eigenvalue weighted by molar-refractivity contribution is -0.319. The highest BCUT2D eigenvalue weighted by atomic mass is 32.2. The second-order valence-corrected chi connectivity index (χ2v) is 21.7. The molecule has 0 amide bonds. The van der Waals surface area contributed by atoms with E-state index in [1.807, 2.05) is 60.5 Å². The quantitative estimate of drug-likeness (QED) is 0.222. The Labute approximate surface area is 404 Å². The molecular weight excluding hydrogens is 903 g/mol. The molecule has 2 aromatic heterocycles. The van der Waals surface area contributed by atoms with Gasteiger partial charge in [-0.25, -0.2) is 4.98 Å². The lowest BCUT2D eigenvalue weighted by Crippen LogP contribution is -2.61. The molecule has 6 rings (SSSR count). The van der Waals surface area contributed by atoms with Crippen molar-refractivity contribution < 1.29 is 62.5 Å². The number of fused-ring (bicyclic) bond motifs is 2. The molecule has 4 aliphatic heterocycles. The van der Waals surface area contributed by atoms with Crippen molar-refractivity contribution >= 4 is 52.4 Å². The third-order valence-electron chi connectivity index (χ3n) is 15.4. The van der Waals surface area contributed by atoms with Crippen molar-refractivity contribution in [3.8, 4) is 0 Å². The number of anilines is 2. The molecule has 2 unspecified atom stereocenters. The highest BCUT2D eigenvalue weighted by molar-refractivity contribution is 8.00. The number of aryl methyl sites for hydroxylation is 1. The van der Waals surface area contributed by atoms with Gasteiger partial charge in [-0.1, -0.05) is 27.7 Å². The van der Waals surface area contributed by atoms with E-state index in [1.54, 1.807) is 45.7 Å². The fourth-order valence-electron chi connectivity index (χ4n) is 11.3. The average molecular weight is 980 g/mol. The van der Waals surface area contributed by atoms with Crippen LogP contribution in [0.3, 0.4) is 0 Å². The fraction of sp³-hybridized carbons (Fsp3) is 0.830. The number of aliphatic hydroxyl groups excluding tert-OH is 2. The monoisotopic (exact) mass is 980 g/mol. The number of nitrogen functional groups attached to an aromatic ring is 2. The molecule has 2 aromatic rings. The highest BCUT2D eigenvalue weighted by Gasteiger charge is 2.62. The Balaban J connectivity index is 1.41. The number of ether oxygens (including phenoxy) is 8. The number of thioether (sulfide) groups is 1. The van der Waals surface area contributed by atoms with Gasteiger partial charge in [0, 0.05) is 62.7 Å². The Morgan fingerprint density at radius 3 is 2.24 bits per heavy atom. The maximum absolute atomic E-state index is 15.1. The van der Waals surface area contributed by atoms with Crippen LogP contribution in [0.25, 0.3) is 11.2 Å². The zero-order valence-electron chi connectivity index (χ0n) is 42.2. The zero-order chi connectivity index (χ0) is 50.4. The minimum atomic E-state index is -1.43. The number of hydrogen-bond donors (Lipinski definition) is 4. The van der Waals surface area contributed by atoms with Gasteiger partial charge in [0.2, 0.25) is 5.95 Å².